The largest absolute Gasteiger partial charge is 0.389 e. The number of aryl methyl sites for hydroxylation is 3. The van der Waals surface area contributed by atoms with Crippen LogP contribution in [0.15, 0.2) is 16.6 Å². The van der Waals surface area contributed by atoms with Gasteiger partial charge in [0.2, 0.25) is 0 Å². The van der Waals surface area contributed by atoms with Crippen LogP contribution in [0.25, 0.3) is 0 Å². The Hall–Kier alpha value is -1.47. The molecule has 7 heteroatoms. The maximum absolute atomic E-state index is 13.5. The number of anilines is 2. The monoisotopic (exact) mass is 356 g/mol. The number of hydrogen-bond acceptors (Lipinski definition) is 3. The van der Waals surface area contributed by atoms with Crippen LogP contribution in [0.1, 0.15) is 16.8 Å². The van der Waals surface area contributed by atoms with E-state index >= 15 is 0 Å². The number of nitrogens with one attached hydrogen (secondary N) is 1. The molecular formula is C13H14BrFN4S. The summed E-state index contributed by atoms with van der Waals surface area (Å²) in [5, 5.41) is 7.51. The minimum Gasteiger partial charge on any atom is -0.389 e. The normalized spacial score (nSPS) is 10.7. The Morgan fingerprint density at radius 2 is 2.10 bits per heavy atom. The van der Waals surface area contributed by atoms with Crippen molar-refractivity contribution in [3.8, 4) is 0 Å². The van der Waals surface area contributed by atoms with Crippen molar-refractivity contribution in [2.75, 3.05) is 5.32 Å². The molecule has 3 N–H and O–H groups in total. The molecule has 0 bridgehead atoms. The molecule has 0 atom stereocenters. The second-order valence-corrected chi connectivity index (χ2v) is 5.80. The van der Waals surface area contributed by atoms with Crippen molar-refractivity contribution in [2.24, 2.45) is 12.8 Å². The smallest absolute Gasteiger partial charge is 0.138 e. The molecule has 20 heavy (non-hydrogen) atoms. The third-order valence-electron chi connectivity index (χ3n) is 2.99. The molecule has 0 amide bonds. The summed E-state index contributed by atoms with van der Waals surface area (Å²) in [5.74, 6) is 0.389. The van der Waals surface area contributed by atoms with E-state index in [2.05, 4.69) is 26.3 Å². The SMILES string of the molecule is Cc1cc(F)c(Br)cc1Nc1c(C(N)=S)c(C)nn1C. The highest BCUT2D eigenvalue weighted by Gasteiger charge is 2.17. The number of benzene rings is 1. The Balaban J connectivity index is 2.50. The van der Waals surface area contributed by atoms with Crippen LogP contribution >= 0.6 is 28.1 Å². The average molecular weight is 357 g/mol. The van der Waals surface area contributed by atoms with E-state index < -0.39 is 0 Å². The Morgan fingerprint density at radius 3 is 2.70 bits per heavy atom. The van der Waals surface area contributed by atoms with E-state index in [9.17, 15) is 4.39 Å². The lowest BCUT2D eigenvalue weighted by atomic mass is 10.2. The molecule has 0 aliphatic rings. The molecule has 1 heterocycles. The van der Waals surface area contributed by atoms with Gasteiger partial charge in [-0.2, -0.15) is 5.10 Å². The number of nitrogens with two attached hydrogens (primary N) is 1. The number of aromatic nitrogens is 2. The second-order valence-electron chi connectivity index (χ2n) is 4.50. The first-order chi connectivity index (χ1) is 9.31. The molecule has 2 rings (SSSR count). The van der Waals surface area contributed by atoms with E-state index in [0.717, 1.165) is 16.9 Å². The lowest BCUT2D eigenvalue weighted by molar-refractivity contribution is 0.620. The van der Waals surface area contributed by atoms with E-state index in [1.54, 1.807) is 17.8 Å². The van der Waals surface area contributed by atoms with Crippen LogP contribution in [0.4, 0.5) is 15.9 Å². The zero-order chi connectivity index (χ0) is 15.0. The van der Waals surface area contributed by atoms with Crippen LogP contribution in [0, 0.1) is 19.7 Å². The standard InChI is InChI=1S/C13H14BrFN4S/c1-6-4-9(15)8(14)5-10(6)17-13-11(12(16)20)7(2)18-19(13)3/h4-5,17H,1-3H3,(H2,16,20). The van der Waals surface area contributed by atoms with Gasteiger partial charge in [0, 0.05) is 12.7 Å². The first-order valence-corrected chi connectivity index (χ1v) is 7.07. The van der Waals surface area contributed by atoms with Gasteiger partial charge in [0.15, 0.2) is 0 Å². The van der Waals surface area contributed by atoms with Gasteiger partial charge in [0.1, 0.15) is 16.6 Å². The van der Waals surface area contributed by atoms with Gasteiger partial charge in [-0.3, -0.25) is 4.68 Å². The number of rotatable bonds is 3. The van der Waals surface area contributed by atoms with Crippen molar-refractivity contribution < 1.29 is 4.39 Å². The second kappa shape index (κ2) is 5.49. The van der Waals surface area contributed by atoms with Gasteiger partial charge < -0.3 is 11.1 Å². The highest BCUT2D eigenvalue weighted by Crippen LogP contribution is 2.29. The Labute approximate surface area is 130 Å². The van der Waals surface area contributed by atoms with Gasteiger partial charge >= 0.3 is 0 Å². The van der Waals surface area contributed by atoms with Gasteiger partial charge in [0.25, 0.3) is 0 Å². The van der Waals surface area contributed by atoms with Gasteiger partial charge in [-0.05, 0) is 47.5 Å². The van der Waals surface area contributed by atoms with E-state index in [0.29, 0.717) is 15.9 Å². The maximum atomic E-state index is 13.5. The first kappa shape index (κ1) is 14.9. The predicted molar refractivity (Wildman–Crippen MR) is 86.0 cm³/mol. The fourth-order valence-corrected chi connectivity index (χ4v) is 2.59. The fourth-order valence-electron chi connectivity index (χ4n) is 2.01. The van der Waals surface area contributed by atoms with Crippen molar-refractivity contribution in [3.05, 3.63) is 39.2 Å². The lowest BCUT2D eigenvalue weighted by Crippen LogP contribution is -2.13. The quantitative estimate of drug-likeness (QED) is 0.828. The molecule has 0 aliphatic heterocycles. The van der Waals surface area contributed by atoms with Crippen molar-refractivity contribution in [3.63, 3.8) is 0 Å². The molecule has 2 aromatic rings. The summed E-state index contributed by atoms with van der Waals surface area (Å²) in [7, 11) is 1.80. The van der Waals surface area contributed by atoms with Crippen molar-refractivity contribution in [1.82, 2.24) is 9.78 Å². The molecule has 0 saturated heterocycles. The van der Waals surface area contributed by atoms with Crippen LogP contribution in [0.2, 0.25) is 0 Å². The Bertz CT molecular complexity index is 696. The van der Waals surface area contributed by atoms with E-state index in [4.69, 9.17) is 18.0 Å². The lowest BCUT2D eigenvalue weighted by Gasteiger charge is -2.12. The summed E-state index contributed by atoms with van der Waals surface area (Å²) < 4.78 is 15.5. The van der Waals surface area contributed by atoms with Gasteiger partial charge in [-0.1, -0.05) is 12.2 Å². The Morgan fingerprint density at radius 1 is 1.45 bits per heavy atom. The van der Waals surface area contributed by atoms with Crippen LogP contribution in [0.3, 0.4) is 0 Å². The number of halogens is 2. The number of hydrogen-bond donors (Lipinski definition) is 2. The highest BCUT2D eigenvalue weighted by molar-refractivity contribution is 9.10. The third kappa shape index (κ3) is 2.69. The summed E-state index contributed by atoms with van der Waals surface area (Å²) in [6.45, 7) is 3.66. The van der Waals surface area contributed by atoms with Crippen LogP contribution in [-0.4, -0.2) is 14.8 Å². The summed E-state index contributed by atoms with van der Waals surface area (Å²) in [4.78, 5) is 0.275. The molecular weight excluding hydrogens is 343 g/mol. The molecule has 1 aromatic heterocycles. The molecule has 0 radical (unpaired) electrons. The van der Waals surface area contributed by atoms with Gasteiger partial charge in [-0.25, -0.2) is 4.39 Å². The molecule has 4 nitrogen and oxygen atoms in total. The van der Waals surface area contributed by atoms with Crippen molar-refractivity contribution >= 4 is 44.6 Å². The number of thiocarbonyl (C=S) groups is 1. The molecule has 0 unspecified atom stereocenters. The highest BCUT2D eigenvalue weighted by atomic mass is 79.9. The zero-order valence-corrected chi connectivity index (χ0v) is 13.7. The molecule has 0 saturated carbocycles. The summed E-state index contributed by atoms with van der Waals surface area (Å²) in [6, 6.07) is 3.13. The van der Waals surface area contributed by atoms with Gasteiger partial charge in [0.05, 0.1) is 15.7 Å². The van der Waals surface area contributed by atoms with E-state index in [1.807, 2.05) is 13.8 Å². The summed E-state index contributed by atoms with van der Waals surface area (Å²) in [6.07, 6.45) is 0. The van der Waals surface area contributed by atoms with E-state index in [1.165, 1.54) is 6.07 Å². The Kier molecular flexibility index (Phi) is 4.10. The summed E-state index contributed by atoms with van der Waals surface area (Å²) in [5.41, 5.74) is 8.73. The molecule has 0 spiro atoms. The average Bonchev–Trinajstić information content (AvgIpc) is 2.61. The van der Waals surface area contributed by atoms with Crippen molar-refractivity contribution in [1.29, 1.82) is 0 Å². The molecule has 0 aliphatic carbocycles. The topological polar surface area (TPSA) is 55.9 Å². The zero-order valence-electron chi connectivity index (χ0n) is 11.3. The van der Waals surface area contributed by atoms with E-state index in [-0.39, 0.29) is 10.8 Å². The third-order valence-corrected chi connectivity index (χ3v) is 3.80. The van der Waals surface area contributed by atoms with Crippen LogP contribution < -0.4 is 11.1 Å². The predicted octanol–water partition coefficient (Wildman–Crippen LogP) is 3.32. The van der Waals surface area contributed by atoms with Crippen LogP contribution in [0.5, 0.6) is 0 Å². The van der Waals surface area contributed by atoms with Crippen molar-refractivity contribution in [2.45, 2.75) is 13.8 Å². The fraction of sp³-hybridized carbons (Fsp3) is 0.231. The minimum absolute atomic E-state index is 0.275. The first-order valence-electron chi connectivity index (χ1n) is 5.87. The van der Waals surface area contributed by atoms with Gasteiger partial charge in [-0.15, -0.1) is 0 Å². The summed E-state index contributed by atoms with van der Waals surface area (Å²) >= 11 is 8.24. The number of nitrogens with zero attached hydrogens (tertiary/aromatic N) is 2. The maximum Gasteiger partial charge on any atom is 0.138 e. The molecule has 106 valence electrons. The van der Waals surface area contributed by atoms with Crippen LogP contribution in [-0.2, 0) is 7.05 Å². The molecule has 1 aromatic carbocycles. The minimum atomic E-state index is -0.302. The molecule has 0 fully saturated rings.